The van der Waals surface area contributed by atoms with E-state index in [1.807, 2.05) is 6.07 Å². The van der Waals surface area contributed by atoms with Gasteiger partial charge in [0, 0.05) is 31.5 Å². The van der Waals surface area contributed by atoms with Crippen LogP contribution in [0.25, 0.3) is 11.6 Å². The Labute approximate surface area is 144 Å². The van der Waals surface area contributed by atoms with Crippen molar-refractivity contribution in [3.05, 3.63) is 59.9 Å². The van der Waals surface area contributed by atoms with Crippen LogP contribution in [0.4, 0.5) is 10.1 Å². The van der Waals surface area contributed by atoms with Crippen molar-refractivity contribution in [3.8, 4) is 17.4 Å². The number of ether oxygens (including phenoxy) is 1. The van der Waals surface area contributed by atoms with E-state index in [2.05, 4.69) is 24.8 Å². The highest BCUT2D eigenvalue weighted by molar-refractivity contribution is 5.51. The van der Waals surface area contributed by atoms with E-state index in [1.165, 1.54) is 6.07 Å². The van der Waals surface area contributed by atoms with Crippen LogP contribution in [0.3, 0.4) is 0 Å². The van der Waals surface area contributed by atoms with E-state index in [0.29, 0.717) is 36.9 Å². The van der Waals surface area contributed by atoms with Crippen LogP contribution in [0.2, 0.25) is 0 Å². The van der Waals surface area contributed by atoms with Crippen molar-refractivity contribution >= 4 is 5.69 Å². The lowest BCUT2D eigenvalue weighted by molar-refractivity contribution is 0.409. The summed E-state index contributed by atoms with van der Waals surface area (Å²) in [5.74, 6) is 1.30. The quantitative estimate of drug-likeness (QED) is 0.732. The molecule has 0 saturated heterocycles. The summed E-state index contributed by atoms with van der Waals surface area (Å²) in [6.07, 6.45) is 7.45. The average molecular weight is 337 g/mol. The molecule has 6 nitrogen and oxygen atoms in total. The summed E-state index contributed by atoms with van der Waals surface area (Å²) >= 11 is 0. The smallest absolute Gasteiger partial charge is 0.197 e. The average Bonchev–Trinajstić information content (AvgIpc) is 2.68. The zero-order valence-electron chi connectivity index (χ0n) is 13.7. The highest BCUT2D eigenvalue weighted by Gasteiger charge is 2.21. The number of aromatic nitrogens is 4. The SMILES string of the molecule is COc1cc(F)c2c(c1)CN(c1cnc(-c3ncccn3)nc1)CC2. The number of hydrogen-bond donors (Lipinski definition) is 0. The first kappa shape index (κ1) is 15.4. The normalized spacial score (nSPS) is 13.4. The third kappa shape index (κ3) is 3.00. The third-order valence-electron chi connectivity index (χ3n) is 4.26. The molecule has 0 saturated carbocycles. The maximum absolute atomic E-state index is 14.2. The molecular weight excluding hydrogens is 321 g/mol. The molecule has 0 aliphatic carbocycles. The van der Waals surface area contributed by atoms with Crippen molar-refractivity contribution in [2.75, 3.05) is 18.6 Å². The first-order valence-electron chi connectivity index (χ1n) is 7.94. The first-order chi connectivity index (χ1) is 12.2. The molecule has 3 heterocycles. The van der Waals surface area contributed by atoms with E-state index < -0.39 is 0 Å². The van der Waals surface area contributed by atoms with Crippen molar-refractivity contribution in [2.24, 2.45) is 0 Å². The number of fused-ring (bicyclic) bond motifs is 1. The van der Waals surface area contributed by atoms with Crippen LogP contribution in [0, 0.1) is 5.82 Å². The largest absolute Gasteiger partial charge is 0.497 e. The van der Waals surface area contributed by atoms with E-state index in [-0.39, 0.29) is 5.82 Å². The summed E-state index contributed by atoms with van der Waals surface area (Å²) in [5, 5.41) is 0. The molecule has 0 atom stereocenters. The van der Waals surface area contributed by atoms with Crippen LogP contribution >= 0.6 is 0 Å². The minimum atomic E-state index is -0.207. The fourth-order valence-electron chi connectivity index (χ4n) is 2.97. The van der Waals surface area contributed by atoms with Crippen LogP contribution in [0.15, 0.2) is 43.0 Å². The molecule has 4 rings (SSSR count). The van der Waals surface area contributed by atoms with Crippen LogP contribution in [0.1, 0.15) is 11.1 Å². The van der Waals surface area contributed by atoms with Crippen molar-refractivity contribution < 1.29 is 9.13 Å². The van der Waals surface area contributed by atoms with Gasteiger partial charge >= 0.3 is 0 Å². The minimum absolute atomic E-state index is 0.207. The molecule has 0 amide bonds. The Hall–Kier alpha value is -3.09. The molecule has 7 heteroatoms. The van der Waals surface area contributed by atoms with Crippen LogP contribution in [0.5, 0.6) is 5.75 Å². The maximum Gasteiger partial charge on any atom is 0.197 e. The van der Waals surface area contributed by atoms with Crippen LogP contribution in [-0.4, -0.2) is 33.6 Å². The van der Waals surface area contributed by atoms with Gasteiger partial charge in [0.05, 0.1) is 25.2 Å². The van der Waals surface area contributed by atoms with Gasteiger partial charge in [-0.05, 0) is 29.7 Å². The lowest BCUT2D eigenvalue weighted by Crippen LogP contribution is -2.31. The van der Waals surface area contributed by atoms with Crippen molar-refractivity contribution in [1.29, 1.82) is 0 Å². The van der Waals surface area contributed by atoms with Crippen molar-refractivity contribution in [2.45, 2.75) is 13.0 Å². The summed E-state index contributed by atoms with van der Waals surface area (Å²) < 4.78 is 19.3. The van der Waals surface area contributed by atoms with E-state index in [9.17, 15) is 4.39 Å². The van der Waals surface area contributed by atoms with E-state index in [0.717, 1.165) is 16.8 Å². The van der Waals surface area contributed by atoms with E-state index in [4.69, 9.17) is 4.74 Å². The molecule has 0 N–H and O–H groups in total. The highest BCUT2D eigenvalue weighted by Crippen LogP contribution is 2.29. The highest BCUT2D eigenvalue weighted by atomic mass is 19.1. The van der Waals surface area contributed by atoms with Gasteiger partial charge in [0.15, 0.2) is 11.6 Å². The third-order valence-corrected chi connectivity index (χ3v) is 4.26. The summed E-state index contributed by atoms with van der Waals surface area (Å²) in [4.78, 5) is 19.1. The lowest BCUT2D eigenvalue weighted by Gasteiger charge is -2.30. The molecule has 0 unspecified atom stereocenters. The molecule has 0 fully saturated rings. The zero-order chi connectivity index (χ0) is 17.2. The van der Waals surface area contributed by atoms with Gasteiger partial charge in [0.2, 0.25) is 0 Å². The number of hydrogen-bond acceptors (Lipinski definition) is 6. The summed E-state index contributed by atoms with van der Waals surface area (Å²) in [6.45, 7) is 1.30. The predicted octanol–water partition coefficient (Wildman–Crippen LogP) is 2.64. The van der Waals surface area contributed by atoms with E-state index in [1.54, 1.807) is 38.0 Å². The molecule has 3 aromatic rings. The van der Waals surface area contributed by atoms with Gasteiger partial charge in [-0.3, -0.25) is 0 Å². The Kier molecular flexibility index (Phi) is 3.97. The molecule has 126 valence electrons. The molecule has 1 aliphatic rings. The van der Waals surface area contributed by atoms with Gasteiger partial charge in [0.1, 0.15) is 11.6 Å². The van der Waals surface area contributed by atoms with Gasteiger partial charge in [-0.15, -0.1) is 0 Å². The minimum Gasteiger partial charge on any atom is -0.497 e. The number of methoxy groups -OCH3 is 1. The monoisotopic (exact) mass is 337 g/mol. The standard InChI is InChI=1S/C18H16FN5O/c1-25-14-7-12-11-24(6-3-15(12)16(19)8-14)13-9-22-18(23-10-13)17-20-4-2-5-21-17/h2,4-5,7-10H,3,6,11H2,1H3. The number of halogens is 1. The molecule has 0 radical (unpaired) electrons. The van der Waals surface area contributed by atoms with Gasteiger partial charge in [0.25, 0.3) is 0 Å². The van der Waals surface area contributed by atoms with Crippen LogP contribution < -0.4 is 9.64 Å². The summed E-state index contributed by atoms with van der Waals surface area (Å²) in [5.41, 5.74) is 2.57. The zero-order valence-corrected chi connectivity index (χ0v) is 13.7. The van der Waals surface area contributed by atoms with E-state index >= 15 is 0 Å². The molecule has 0 bridgehead atoms. The molecule has 2 aromatic heterocycles. The number of rotatable bonds is 3. The number of benzene rings is 1. The summed E-state index contributed by atoms with van der Waals surface area (Å²) in [7, 11) is 1.54. The molecular formula is C18H16FN5O. The number of nitrogens with zero attached hydrogens (tertiary/aromatic N) is 5. The lowest BCUT2D eigenvalue weighted by atomic mass is 9.98. The fourth-order valence-corrected chi connectivity index (χ4v) is 2.97. The number of anilines is 1. The van der Waals surface area contributed by atoms with Gasteiger partial charge < -0.3 is 9.64 Å². The van der Waals surface area contributed by atoms with Crippen LogP contribution in [-0.2, 0) is 13.0 Å². The fraction of sp³-hybridized carbons (Fsp3) is 0.222. The summed E-state index contributed by atoms with van der Waals surface area (Å²) in [6, 6.07) is 5.07. The second-order valence-electron chi connectivity index (χ2n) is 5.76. The second-order valence-corrected chi connectivity index (χ2v) is 5.76. The van der Waals surface area contributed by atoms with Gasteiger partial charge in [-0.1, -0.05) is 0 Å². The van der Waals surface area contributed by atoms with Crippen molar-refractivity contribution in [1.82, 2.24) is 19.9 Å². The Bertz CT molecular complexity index is 886. The van der Waals surface area contributed by atoms with Gasteiger partial charge in [-0.25, -0.2) is 24.3 Å². The van der Waals surface area contributed by atoms with Gasteiger partial charge in [-0.2, -0.15) is 0 Å². The molecule has 0 spiro atoms. The Balaban J connectivity index is 1.58. The first-order valence-corrected chi connectivity index (χ1v) is 7.94. The molecule has 1 aliphatic heterocycles. The Morgan fingerprint density at radius 1 is 1.04 bits per heavy atom. The Morgan fingerprint density at radius 3 is 2.48 bits per heavy atom. The molecule has 1 aromatic carbocycles. The Morgan fingerprint density at radius 2 is 1.76 bits per heavy atom. The maximum atomic E-state index is 14.2. The topological polar surface area (TPSA) is 64.0 Å². The van der Waals surface area contributed by atoms with Crippen molar-refractivity contribution in [3.63, 3.8) is 0 Å². The second kappa shape index (κ2) is 6.43. The predicted molar refractivity (Wildman–Crippen MR) is 90.8 cm³/mol. The molecule has 25 heavy (non-hydrogen) atoms.